The molecule has 2 heterocycles. The number of carbonyl (C=O) groups is 2. The first-order chi connectivity index (χ1) is 14.1. The van der Waals surface area contributed by atoms with Crippen LogP contribution in [0, 0.1) is 5.92 Å². The van der Waals surface area contributed by atoms with E-state index in [1.54, 1.807) is 55.3 Å². The van der Waals surface area contributed by atoms with Gasteiger partial charge in [-0.2, -0.15) is 4.72 Å². The Morgan fingerprint density at radius 3 is 2.53 bits per heavy atom. The SMILES string of the molecule is CC(=O)N1c2ccc(S(=O)(=O)N[C@@H](C(=O)Nc3ccccn3)C(C)C)cc2C[C@@H]1C. The number of nitrogens with zero attached hydrogens (tertiary/aromatic N) is 2. The number of fused-ring (bicyclic) bond motifs is 1. The third-order valence-corrected chi connectivity index (χ3v) is 6.50. The van der Waals surface area contributed by atoms with Crippen molar-refractivity contribution in [2.75, 3.05) is 10.2 Å². The molecule has 0 aliphatic carbocycles. The van der Waals surface area contributed by atoms with Crippen molar-refractivity contribution in [3.8, 4) is 0 Å². The number of hydrogen-bond acceptors (Lipinski definition) is 5. The van der Waals surface area contributed by atoms with E-state index in [2.05, 4.69) is 15.0 Å². The first kappa shape index (κ1) is 21.9. The lowest BCUT2D eigenvalue weighted by molar-refractivity contribution is -0.119. The van der Waals surface area contributed by atoms with Crippen LogP contribution < -0.4 is 14.9 Å². The molecule has 0 bridgehead atoms. The Kier molecular flexibility index (Phi) is 6.23. The van der Waals surface area contributed by atoms with Crippen molar-refractivity contribution in [2.24, 2.45) is 5.92 Å². The van der Waals surface area contributed by atoms with Gasteiger partial charge in [0.1, 0.15) is 11.9 Å². The average molecular weight is 431 g/mol. The van der Waals surface area contributed by atoms with E-state index in [1.165, 1.54) is 13.0 Å². The van der Waals surface area contributed by atoms with Crippen LogP contribution in [0.15, 0.2) is 47.5 Å². The standard InChI is InChI=1S/C21H26N4O4S/c1-13(2)20(21(27)23-19-7-5-6-10-22-19)24-30(28,29)17-8-9-18-16(12-17)11-14(3)25(18)15(4)26/h5-10,12-14,20,24H,11H2,1-4H3,(H,22,23,27)/t14-,20+/m0/s1. The van der Waals surface area contributed by atoms with Gasteiger partial charge in [-0.3, -0.25) is 9.59 Å². The fourth-order valence-corrected chi connectivity index (χ4v) is 5.02. The van der Waals surface area contributed by atoms with Gasteiger partial charge >= 0.3 is 0 Å². The van der Waals surface area contributed by atoms with Gasteiger partial charge in [-0.15, -0.1) is 0 Å². The molecule has 0 radical (unpaired) electrons. The highest BCUT2D eigenvalue weighted by Gasteiger charge is 2.32. The number of carbonyl (C=O) groups excluding carboxylic acids is 2. The Hall–Kier alpha value is -2.78. The molecule has 1 aliphatic rings. The van der Waals surface area contributed by atoms with Crippen LogP contribution >= 0.6 is 0 Å². The first-order valence-electron chi connectivity index (χ1n) is 9.77. The Morgan fingerprint density at radius 2 is 1.93 bits per heavy atom. The van der Waals surface area contributed by atoms with Crippen LogP contribution in [0.2, 0.25) is 0 Å². The third-order valence-electron chi connectivity index (χ3n) is 5.06. The molecular formula is C21H26N4O4S. The van der Waals surface area contributed by atoms with Gasteiger partial charge in [-0.25, -0.2) is 13.4 Å². The smallest absolute Gasteiger partial charge is 0.243 e. The lowest BCUT2D eigenvalue weighted by Crippen LogP contribution is -2.47. The predicted molar refractivity (Wildman–Crippen MR) is 115 cm³/mol. The van der Waals surface area contributed by atoms with Gasteiger partial charge in [0, 0.05) is 24.8 Å². The van der Waals surface area contributed by atoms with Crippen molar-refractivity contribution in [2.45, 2.75) is 51.1 Å². The van der Waals surface area contributed by atoms with E-state index < -0.39 is 22.0 Å². The highest BCUT2D eigenvalue weighted by atomic mass is 32.2. The lowest BCUT2D eigenvalue weighted by atomic mass is 10.1. The van der Waals surface area contributed by atoms with Crippen molar-refractivity contribution in [3.05, 3.63) is 48.2 Å². The maximum Gasteiger partial charge on any atom is 0.243 e. The summed E-state index contributed by atoms with van der Waals surface area (Å²) in [5, 5.41) is 2.64. The third kappa shape index (κ3) is 4.52. The van der Waals surface area contributed by atoms with Gasteiger partial charge in [-0.05, 0) is 55.2 Å². The molecular weight excluding hydrogens is 404 g/mol. The normalized spacial score (nSPS) is 17.0. The molecule has 0 saturated heterocycles. The summed E-state index contributed by atoms with van der Waals surface area (Å²) < 4.78 is 28.5. The van der Waals surface area contributed by atoms with Gasteiger partial charge in [-0.1, -0.05) is 19.9 Å². The number of pyridine rings is 1. The number of sulfonamides is 1. The van der Waals surface area contributed by atoms with Crippen LogP contribution in [-0.2, 0) is 26.0 Å². The molecule has 0 fully saturated rings. The monoisotopic (exact) mass is 430 g/mol. The number of hydrogen-bond donors (Lipinski definition) is 2. The predicted octanol–water partition coefficient (Wildman–Crippen LogP) is 2.32. The molecule has 0 saturated carbocycles. The molecule has 3 rings (SSSR count). The van der Waals surface area contributed by atoms with Gasteiger partial charge in [0.05, 0.1) is 4.90 Å². The minimum absolute atomic E-state index is 0.0315. The highest BCUT2D eigenvalue weighted by Crippen LogP contribution is 2.34. The van der Waals surface area contributed by atoms with Gasteiger partial charge in [0.15, 0.2) is 0 Å². The molecule has 2 amide bonds. The van der Waals surface area contributed by atoms with Gasteiger partial charge in [0.25, 0.3) is 0 Å². The minimum Gasteiger partial charge on any atom is -0.309 e. The number of aromatic nitrogens is 1. The number of anilines is 2. The van der Waals surface area contributed by atoms with E-state index in [-0.39, 0.29) is 22.8 Å². The lowest BCUT2D eigenvalue weighted by Gasteiger charge is -2.22. The molecule has 0 unspecified atom stereocenters. The molecule has 160 valence electrons. The van der Waals surface area contributed by atoms with E-state index in [9.17, 15) is 18.0 Å². The van der Waals surface area contributed by atoms with Gasteiger partial charge < -0.3 is 10.2 Å². The molecule has 1 aliphatic heterocycles. The van der Waals surface area contributed by atoms with Gasteiger partial charge in [0.2, 0.25) is 21.8 Å². The Morgan fingerprint density at radius 1 is 1.20 bits per heavy atom. The van der Waals surface area contributed by atoms with E-state index >= 15 is 0 Å². The zero-order chi connectivity index (χ0) is 22.1. The van der Waals surface area contributed by atoms with E-state index in [1.807, 2.05) is 6.92 Å². The van der Waals surface area contributed by atoms with Crippen molar-refractivity contribution < 1.29 is 18.0 Å². The first-order valence-corrected chi connectivity index (χ1v) is 11.3. The summed E-state index contributed by atoms with van der Waals surface area (Å²) in [6.45, 7) is 6.94. The zero-order valence-corrected chi connectivity index (χ0v) is 18.2. The molecule has 1 aromatic heterocycles. The Balaban J connectivity index is 1.83. The van der Waals surface area contributed by atoms with E-state index in [0.29, 0.717) is 12.2 Å². The highest BCUT2D eigenvalue weighted by molar-refractivity contribution is 7.89. The van der Waals surface area contributed by atoms with Crippen molar-refractivity contribution in [1.82, 2.24) is 9.71 Å². The maximum absolute atomic E-state index is 13.0. The van der Waals surface area contributed by atoms with Crippen LogP contribution in [0.1, 0.15) is 33.3 Å². The molecule has 0 spiro atoms. The Bertz CT molecular complexity index is 1050. The second-order valence-electron chi connectivity index (χ2n) is 7.78. The zero-order valence-electron chi connectivity index (χ0n) is 17.4. The summed E-state index contributed by atoms with van der Waals surface area (Å²) in [5.74, 6) is -0.500. The quantitative estimate of drug-likeness (QED) is 0.731. The second kappa shape index (κ2) is 8.53. The van der Waals surface area contributed by atoms with Crippen LogP contribution in [0.5, 0.6) is 0 Å². The summed E-state index contributed by atoms with van der Waals surface area (Å²) in [6, 6.07) is 8.76. The Labute approximate surface area is 176 Å². The van der Waals surface area contributed by atoms with Crippen LogP contribution in [-0.4, -0.2) is 37.3 Å². The fourth-order valence-electron chi connectivity index (χ4n) is 3.62. The number of amides is 2. The van der Waals surface area contributed by atoms with Crippen molar-refractivity contribution in [1.29, 1.82) is 0 Å². The number of benzene rings is 1. The summed E-state index contributed by atoms with van der Waals surface area (Å²) in [4.78, 5) is 30.4. The topological polar surface area (TPSA) is 108 Å². The summed E-state index contributed by atoms with van der Waals surface area (Å²) in [5.41, 5.74) is 1.52. The largest absolute Gasteiger partial charge is 0.309 e. The number of rotatable bonds is 6. The fraction of sp³-hybridized carbons (Fsp3) is 0.381. The summed E-state index contributed by atoms with van der Waals surface area (Å²) in [7, 11) is -3.95. The van der Waals surface area contributed by atoms with Crippen molar-refractivity contribution >= 4 is 33.3 Å². The average Bonchev–Trinajstić information content (AvgIpc) is 3.01. The van der Waals surface area contributed by atoms with Crippen LogP contribution in [0.3, 0.4) is 0 Å². The molecule has 2 atom stereocenters. The van der Waals surface area contributed by atoms with Crippen LogP contribution in [0.25, 0.3) is 0 Å². The molecule has 9 heteroatoms. The summed E-state index contributed by atoms with van der Waals surface area (Å²) in [6.07, 6.45) is 2.12. The second-order valence-corrected chi connectivity index (χ2v) is 9.49. The minimum atomic E-state index is -3.95. The molecule has 8 nitrogen and oxygen atoms in total. The molecule has 1 aromatic carbocycles. The molecule has 30 heavy (non-hydrogen) atoms. The molecule has 2 aromatic rings. The maximum atomic E-state index is 13.0. The summed E-state index contributed by atoms with van der Waals surface area (Å²) >= 11 is 0. The van der Waals surface area contributed by atoms with Crippen LogP contribution in [0.4, 0.5) is 11.5 Å². The molecule has 2 N–H and O–H groups in total. The van der Waals surface area contributed by atoms with Crippen molar-refractivity contribution in [3.63, 3.8) is 0 Å². The van der Waals surface area contributed by atoms with E-state index in [0.717, 1.165) is 11.3 Å². The number of nitrogens with one attached hydrogen (secondary N) is 2. The van der Waals surface area contributed by atoms with E-state index in [4.69, 9.17) is 0 Å².